The van der Waals surface area contributed by atoms with Gasteiger partial charge in [0.05, 0.1) is 24.8 Å². The number of hydrogen-bond acceptors (Lipinski definition) is 4. The van der Waals surface area contributed by atoms with E-state index in [4.69, 9.17) is 14.1 Å². The maximum absolute atomic E-state index is 5.69. The molecule has 0 saturated carbocycles. The minimum Gasteiger partial charge on any atom is -0.497 e. The fraction of sp³-hybridized carbons (Fsp3) is 0.125. The number of rotatable bonds is 6. The van der Waals surface area contributed by atoms with Crippen LogP contribution in [0.1, 0.15) is 5.56 Å². The lowest BCUT2D eigenvalue weighted by molar-refractivity contribution is 0.415. The highest BCUT2D eigenvalue weighted by Crippen LogP contribution is 2.24. The molecule has 0 atom stereocenters. The van der Waals surface area contributed by atoms with Gasteiger partial charge in [-0.05, 0) is 42.3 Å². The average Bonchev–Trinajstić information content (AvgIpc) is 3.52. The molecule has 0 fully saturated rings. The number of para-hydroxylation sites is 1. The zero-order valence-corrected chi connectivity index (χ0v) is 17.4. The third-order valence-corrected chi connectivity index (χ3v) is 5.99. The fourth-order valence-electron chi connectivity index (χ4n) is 3.62. The molecule has 1 N–H and O–H groups in total. The molecular formula is C24H21N3O2S. The summed E-state index contributed by atoms with van der Waals surface area (Å²) in [6.45, 7) is 0.796. The van der Waals surface area contributed by atoms with Crippen molar-refractivity contribution in [1.82, 2.24) is 9.55 Å². The second kappa shape index (κ2) is 8.08. The third kappa shape index (κ3) is 3.57. The lowest BCUT2D eigenvalue weighted by Crippen LogP contribution is -2.17. The second-order valence-electron chi connectivity index (χ2n) is 6.96. The standard InChI is InChI=1S/C24H21N3O2S/c1-28-19-7-4-6-18(14-19)26-24-27(22(16-30-24)23-10-5-13-29-23)12-11-17-15-25-21-9-3-2-8-20(17)21/h2-10,13-16,25H,11-12H2,1H3. The van der Waals surface area contributed by atoms with Crippen molar-refractivity contribution in [2.24, 2.45) is 4.99 Å². The van der Waals surface area contributed by atoms with Crippen LogP contribution < -0.4 is 9.54 Å². The van der Waals surface area contributed by atoms with Crippen molar-refractivity contribution >= 4 is 27.9 Å². The Hall–Kier alpha value is -3.51. The normalized spacial score (nSPS) is 12.0. The van der Waals surface area contributed by atoms with E-state index in [1.807, 2.05) is 36.4 Å². The highest BCUT2D eigenvalue weighted by atomic mass is 32.1. The van der Waals surface area contributed by atoms with Crippen molar-refractivity contribution < 1.29 is 9.15 Å². The first-order chi connectivity index (χ1) is 14.8. The molecule has 5 nitrogen and oxygen atoms in total. The van der Waals surface area contributed by atoms with Gasteiger partial charge in [-0.2, -0.15) is 0 Å². The highest BCUT2D eigenvalue weighted by molar-refractivity contribution is 7.07. The molecule has 3 aromatic heterocycles. The molecule has 0 spiro atoms. The number of ether oxygens (including phenoxy) is 1. The summed E-state index contributed by atoms with van der Waals surface area (Å²) in [5.41, 5.74) is 4.35. The zero-order chi connectivity index (χ0) is 20.3. The molecule has 2 aromatic carbocycles. The molecule has 0 bridgehead atoms. The minimum absolute atomic E-state index is 0.796. The Morgan fingerprint density at radius 1 is 1.10 bits per heavy atom. The van der Waals surface area contributed by atoms with Gasteiger partial charge in [0.1, 0.15) is 5.75 Å². The summed E-state index contributed by atoms with van der Waals surface area (Å²) in [5.74, 6) is 1.64. The van der Waals surface area contributed by atoms with Crippen LogP contribution in [-0.4, -0.2) is 16.7 Å². The number of furan rings is 1. The van der Waals surface area contributed by atoms with Crippen LogP contribution in [0.3, 0.4) is 0 Å². The lowest BCUT2D eigenvalue weighted by atomic mass is 10.1. The number of aromatic amines is 1. The number of aryl methyl sites for hydroxylation is 1. The molecule has 6 heteroatoms. The number of H-pyrrole nitrogens is 1. The van der Waals surface area contributed by atoms with Crippen molar-refractivity contribution in [1.29, 1.82) is 0 Å². The van der Waals surface area contributed by atoms with Crippen LogP contribution in [0.5, 0.6) is 5.75 Å². The Kier molecular flexibility index (Phi) is 4.99. The van der Waals surface area contributed by atoms with E-state index < -0.39 is 0 Å². The van der Waals surface area contributed by atoms with Gasteiger partial charge in [-0.15, -0.1) is 11.3 Å². The van der Waals surface area contributed by atoms with Crippen LogP contribution in [0.2, 0.25) is 0 Å². The molecule has 0 aliphatic carbocycles. The summed E-state index contributed by atoms with van der Waals surface area (Å²) < 4.78 is 13.3. The summed E-state index contributed by atoms with van der Waals surface area (Å²) in [4.78, 5) is 9.18. The Balaban J connectivity index is 1.54. The van der Waals surface area contributed by atoms with E-state index in [1.165, 1.54) is 10.9 Å². The number of fused-ring (bicyclic) bond motifs is 1. The van der Waals surface area contributed by atoms with Crippen molar-refractivity contribution in [3.05, 3.63) is 88.9 Å². The summed E-state index contributed by atoms with van der Waals surface area (Å²) in [5, 5.41) is 3.37. The Morgan fingerprint density at radius 3 is 2.90 bits per heavy atom. The largest absolute Gasteiger partial charge is 0.497 e. The second-order valence-corrected chi connectivity index (χ2v) is 7.79. The van der Waals surface area contributed by atoms with Gasteiger partial charge in [-0.1, -0.05) is 24.3 Å². The molecular weight excluding hydrogens is 394 g/mol. The first kappa shape index (κ1) is 18.5. The van der Waals surface area contributed by atoms with E-state index >= 15 is 0 Å². The van der Waals surface area contributed by atoms with Gasteiger partial charge < -0.3 is 18.7 Å². The smallest absolute Gasteiger partial charge is 0.190 e. The van der Waals surface area contributed by atoms with Crippen molar-refractivity contribution in [3.63, 3.8) is 0 Å². The van der Waals surface area contributed by atoms with Gasteiger partial charge in [-0.25, -0.2) is 4.99 Å². The van der Waals surface area contributed by atoms with E-state index in [1.54, 1.807) is 24.7 Å². The van der Waals surface area contributed by atoms with Crippen LogP contribution in [0.4, 0.5) is 5.69 Å². The molecule has 150 valence electrons. The quantitative estimate of drug-likeness (QED) is 0.382. The van der Waals surface area contributed by atoms with Crippen molar-refractivity contribution in [3.8, 4) is 17.2 Å². The molecule has 0 amide bonds. The van der Waals surface area contributed by atoms with Crippen LogP contribution in [0.25, 0.3) is 22.4 Å². The number of aromatic nitrogens is 2. The topological polar surface area (TPSA) is 55.5 Å². The number of hydrogen-bond donors (Lipinski definition) is 1. The SMILES string of the molecule is COc1cccc(N=c2scc(-c3ccco3)n2CCc2c[nH]c3ccccc23)c1. The monoisotopic (exact) mass is 415 g/mol. The highest BCUT2D eigenvalue weighted by Gasteiger charge is 2.12. The summed E-state index contributed by atoms with van der Waals surface area (Å²) in [6.07, 6.45) is 4.69. The zero-order valence-electron chi connectivity index (χ0n) is 16.5. The minimum atomic E-state index is 0.796. The van der Waals surface area contributed by atoms with Gasteiger partial charge in [0.25, 0.3) is 0 Å². The van der Waals surface area contributed by atoms with Gasteiger partial charge in [0, 0.05) is 35.1 Å². The van der Waals surface area contributed by atoms with Gasteiger partial charge in [-0.3, -0.25) is 0 Å². The molecule has 0 radical (unpaired) electrons. The van der Waals surface area contributed by atoms with Crippen LogP contribution in [0, 0.1) is 0 Å². The molecule has 5 rings (SSSR count). The number of methoxy groups -OCH3 is 1. The maximum Gasteiger partial charge on any atom is 0.190 e. The first-order valence-corrected chi connectivity index (χ1v) is 10.7. The van der Waals surface area contributed by atoms with Gasteiger partial charge >= 0.3 is 0 Å². The third-order valence-electron chi connectivity index (χ3n) is 5.13. The van der Waals surface area contributed by atoms with Crippen molar-refractivity contribution in [2.45, 2.75) is 13.0 Å². The predicted molar refractivity (Wildman–Crippen MR) is 120 cm³/mol. The summed E-state index contributed by atoms with van der Waals surface area (Å²) in [6, 6.07) is 20.1. The number of nitrogens with zero attached hydrogens (tertiary/aromatic N) is 2. The Labute approximate surface area is 177 Å². The van der Waals surface area contributed by atoms with E-state index in [0.29, 0.717) is 0 Å². The molecule has 0 aliphatic heterocycles. The maximum atomic E-state index is 5.69. The molecule has 0 aliphatic rings. The molecule has 0 unspecified atom stereocenters. The molecule has 3 heterocycles. The fourth-order valence-corrected chi connectivity index (χ4v) is 4.55. The van der Waals surface area contributed by atoms with Gasteiger partial charge in [0.15, 0.2) is 10.6 Å². The molecule has 30 heavy (non-hydrogen) atoms. The number of benzene rings is 2. The van der Waals surface area contributed by atoms with Crippen LogP contribution in [0.15, 0.2) is 87.9 Å². The number of nitrogens with one attached hydrogen (secondary N) is 1. The molecule has 0 saturated heterocycles. The summed E-state index contributed by atoms with van der Waals surface area (Å²) in [7, 11) is 1.67. The summed E-state index contributed by atoms with van der Waals surface area (Å²) >= 11 is 1.61. The Bertz CT molecular complexity index is 1340. The predicted octanol–water partition coefficient (Wildman–Crippen LogP) is 5.77. The van der Waals surface area contributed by atoms with Crippen LogP contribution in [-0.2, 0) is 13.0 Å². The van der Waals surface area contributed by atoms with Crippen LogP contribution >= 0.6 is 11.3 Å². The van der Waals surface area contributed by atoms with E-state index in [0.717, 1.165) is 46.2 Å². The lowest BCUT2D eigenvalue weighted by Gasteiger charge is -2.07. The van der Waals surface area contributed by atoms with E-state index in [9.17, 15) is 0 Å². The molecule has 5 aromatic rings. The average molecular weight is 416 g/mol. The Morgan fingerprint density at radius 2 is 2.03 bits per heavy atom. The first-order valence-electron chi connectivity index (χ1n) is 9.78. The van der Waals surface area contributed by atoms with E-state index in [2.05, 4.69) is 45.4 Å². The van der Waals surface area contributed by atoms with Gasteiger partial charge in [0.2, 0.25) is 0 Å². The van der Waals surface area contributed by atoms with E-state index in [-0.39, 0.29) is 0 Å². The van der Waals surface area contributed by atoms with Crippen molar-refractivity contribution in [2.75, 3.05) is 7.11 Å². The number of thiazole rings is 1.